The van der Waals surface area contributed by atoms with Crippen LogP contribution < -0.4 is 9.88 Å². The fourth-order valence-electron chi connectivity index (χ4n) is 5.56. The molecule has 3 aromatic carbocycles. The van der Waals surface area contributed by atoms with Crippen LogP contribution >= 0.6 is 11.8 Å². The average Bonchev–Trinajstić information content (AvgIpc) is 3.34. The molecule has 6 rings (SSSR count). The number of anilines is 1. The fraction of sp³-hybridized carbons (Fsp3) is 0.281. The Morgan fingerprint density at radius 1 is 0.921 bits per heavy atom. The molecule has 0 atom stereocenters. The minimum atomic E-state index is 0.916. The molecule has 38 heavy (non-hydrogen) atoms. The molecule has 2 aromatic heterocycles. The first-order chi connectivity index (χ1) is 18.6. The van der Waals surface area contributed by atoms with Gasteiger partial charge in [0.25, 0.3) is 0 Å². The number of hydrogen-bond acceptors (Lipinski definition) is 4. The molecule has 194 valence electrons. The molecule has 3 heterocycles. The van der Waals surface area contributed by atoms with Gasteiger partial charge in [-0.2, -0.15) is 4.57 Å². The summed E-state index contributed by atoms with van der Waals surface area (Å²) in [6, 6.07) is 24.2. The van der Waals surface area contributed by atoms with Crippen LogP contribution in [0.4, 0.5) is 5.69 Å². The van der Waals surface area contributed by atoms with Gasteiger partial charge < -0.3 is 15.2 Å². The van der Waals surface area contributed by atoms with E-state index >= 15 is 0 Å². The second-order valence-corrected chi connectivity index (χ2v) is 11.2. The topological polar surface area (TPSA) is 38.2 Å². The number of nitrogens with one attached hydrogen (secondary N) is 2. The Bertz CT molecular complexity index is 1610. The van der Waals surface area contributed by atoms with Gasteiger partial charge in [0.1, 0.15) is 12.6 Å². The van der Waals surface area contributed by atoms with Crippen molar-refractivity contribution in [2.45, 2.75) is 4.90 Å². The molecule has 0 unspecified atom stereocenters. The zero-order chi connectivity index (χ0) is 26.1. The van der Waals surface area contributed by atoms with E-state index in [-0.39, 0.29) is 0 Å². The lowest BCUT2D eigenvalue weighted by Crippen LogP contribution is -2.45. The number of nitrogens with zero attached hydrogens (tertiary/aromatic N) is 3. The van der Waals surface area contributed by atoms with Crippen LogP contribution in [0.5, 0.6) is 0 Å². The number of pyridine rings is 1. The molecule has 5 aromatic rings. The third kappa shape index (κ3) is 4.92. The van der Waals surface area contributed by atoms with Gasteiger partial charge in [0.05, 0.1) is 22.0 Å². The zero-order valence-electron chi connectivity index (χ0n) is 22.5. The summed E-state index contributed by atoms with van der Waals surface area (Å²) in [6.07, 6.45) is 6.53. The van der Waals surface area contributed by atoms with Crippen molar-refractivity contribution in [3.63, 3.8) is 0 Å². The van der Waals surface area contributed by atoms with Crippen molar-refractivity contribution in [2.24, 2.45) is 7.05 Å². The number of para-hydroxylation sites is 1. The second kappa shape index (κ2) is 10.8. The maximum Gasteiger partial charge on any atom is 0.240 e. The highest BCUT2D eigenvalue weighted by Crippen LogP contribution is 2.34. The second-order valence-electron chi connectivity index (χ2n) is 10.3. The van der Waals surface area contributed by atoms with Crippen LogP contribution in [0.3, 0.4) is 0 Å². The van der Waals surface area contributed by atoms with Crippen LogP contribution in [-0.2, 0) is 7.05 Å². The van der Waals surface area contributed by atoms with Crippen LogP contribution in [-0.4, -0.2) is 67.4 Å². The minimum absolute atomic E-state index is 0.916. The van der Waals surface area contributed by atoms with Crippen LogP contribution in [0, 0.1) is 0 Å². The van der Waals surface area contributed by atoms with Gasteiger partial charge in [-0.3, -0.25) is 4.90 Å². The molecule has 0 radical (unpaired) electrons. The summed E-state index contributed by atoms with van der Waals surface area (Å²) < 4.78 is 2.34. The molecule has 6 heteroatoms. The van der Waals surface area contributed by atoms with Crippen molar-refractivity contribution in [3.8, 4) is 0 Å². The predicted molar refractivity (Wildman–Crippen MR) is 164 cm³/mol. The first kappa shape index (κ1) is 25.0. The van der Waals surface area contributed by atoms with E-state index in [1.165, 1.54) is 54.5 Å². The molecule has 1 fully saturated rings. The number of aryl methyl sites for hydroxylation is 1. The lowest BCUT2D eigenvalue weighted by molar-refractivity contribution is -0.616. The SMILES string of the molecule is CSc1ccc(/C=C/c2ccc3c(c2)c(NCCN2CCN(C)CC2)c2[nH]c4ccccc4c2[n+]3C)cc1. The van der Waals surface area contributed by atoms with Gasteiger partial charge in [0.2, 0.25) is 11.0 Å². The summed E-state index contributed by atoms with van der Waals surface area (Å²) in [7, 11) is 4.39. The molecule has 0 bridgehead atoms. The number of thioether (sulfide) groups is 1. The van der Waals surface area contributed by atoms with Gasteiger partial charge in [-0.15, -0.1) is 11.8 Å². The number of fused-ring (bicyclic) bond motifs is 4. The molecule has 1 saturated heterocycles. The average molecular weight is 523 g/mol. The summed E-state index contributed by atoms with van der Waals surface area (Å²) >= 11 is 1.77. The number of aromatic amines is 1. The van der Waals surface area contributed by atoms with Gasteiger partial charge in [0, 0.05) is 50.2 Å². The molecular weight excluding hydrogens is 486 g/mol. The maximum absolute atomic E-state index is 3.86. The van der Waals surface area contributed by atoms with E-state index in [0.29, 0.717) is 0 Å². The van der Waals surface area contributed by atoms with E-state index in [4.69, 9.17) is 0 Å². The third-order valence-electron chi connectivity index (χ3n) is 7.83. The van der Waals surface area contributed by atoms with Crippen molar-refractivity contribution in [2.75, 3.05) is 57.9 Å². The minimum Gasteiger partial charge on any atom is -0.381 e. The molecule has 0 saturated carbocycles. The standard InChI is InChI=1S/C32H35N5S/c1-35-18-20-37(21-19-35)17-16-33-30-27-22-24(9-8-23-10-13-25(38-3)14-11-23)12-15-29(27)36(2)32-26-6-4-5-7-28(26)34-31(30)32/h4-15,22H,16-21H2,1-3H3,(H,33,34)/p+1/b9-8+. The highest BCUT2D eigenvalue weighted by molar-refractivity contribution is 7.98. The first-order valence-electron chi connectivity index (χ1n) is 13.4. The molecule has 2 N–H and O–H groups in total. The summed E-state index contributed by atoms with van der Waals surface area (Å²) in [5.74, 6) is 0. The highest BCUT2D eigenvalue weighted by Gasteiger charge is 2.23. The van der Waals surface area contributed by atoms with Crippen LogP contribution in [0.1, 0.15) is 11.1 Å². The summed E-state index contributed by atoms with van der Waals surface area (Å²) in [5, 5.41) is 6.36. The van der Waals surface area contributed by atoms with E-state index < -0.39 is 0 Å². The van der Waals surface area contributed by atoms with Gasteiger partial charge >= 0.3 is 0 Å². The number of H-pyrrole nitrogens is 1. The van der Waals surface area contributed by atoms with Crippen LogP contribution in [0.2, 0.25) is 0 Å². The first-order valence-corrected chi connectivity index (χ1v) is 14.7. The smallest absolute Gasteiger partial charge is 0.240 e. The number of benzene rings is 3. The van der Waals surface area contributed by atoms with Crippen molar-refractivity contribution in [3.05, 3.63) is 77.9 Å². The normalized spacial score (nSPS) is 15.3. The molecule has 1 aliphatic heterocycles. The Hall–Kier alpha value is -3.32. The lowest BCUT2D eigenvalue weighted by atomic mass is 10.1. The van der Waals surface area contributed by atoms with Crippen molar-refractivity contribution in [1.29, 1.82) is 0 Å². The Morgan fingerprint density at radius 2 is 1.66 bits per heavy atom. The lowest BCUT2D eigenvalue weighted by Gasteiger charge is -2.32. The molecule has 1 aliphatic rings. The Balaban J connectivity index is 1.39. The van der Waals surface area contributed by atoms with Gasteiger partial charge in [-0.1, -0.05) is 36.4 Å². The third-order valence-corrected chi connectivity index (χ3v) is 8.57. The van der Waals surface area contributed by atoms with Gasteiger partial charge in [-0.05, 0) is 60.8 Å². The van der Waals surface area contributed by atoms with E-state index in [2.05, 4.69) is 124 Å². The van der Waals surface area contributed by atoms with E-state index in [9.17, 15) is 0 Å². The van der Waals surface area contributed by atoms with E-state index in [1.54, 1.807) is 11.8 Å². The summed E-state index contributed by atoms with van der Waals surface area (Å²) in [4.78, 5) is 10.0. The summed E-state index contributed by atoms with van der Waals surface area (Å²) in [6.45, 7) is 6.52. The summed E-state index contributed by atoms with van der Waals surface area (Å²) in [5.41, 5.74) is 8.42. The Morgan fingerprint density at radius 3 is 2.45 bits per heavy atom. The molecule has 0 amide bonds. The van der Waals surface area contributed by atoms with Crippen LogP contribution in [0.25, 0.3) is 45.0 Å². The molecular formula is C32H36N5S+. The molecule has 5 nitrogen and oxygen atoms in total. The predicted octanol–water partition coefficient (Wildman–Crippen LogP) is 5.85. The van der Waals surface area contributed by atoms with Crippen LogP contribution in [0.15, 0.2) is 71.6 Å². The quantitative estimate of drug-likeness (QED) is 0.160. The molecule has 0 aliphatic carbocycles. The van der Waals surface area contributed by atoms with Crippen molar-refractivity contribution in [1.82, 2.24) is 14.8 Å². The fourth-order valence-corrected chi connectivity index (χ4v) is 5.97. The van der Waals surface area contributed by atoms with E-state index in [1.807, 2.05) is 0 Å². The Kier molecular flexibility index (Phi) is 7.11. The molecule has 0 spiro atoms. The zero-order valence-corrected chi connectivity index (χ0v) is 23.3. The number of rotatable bonds is 7. The van der Waals surface area contributed by atoms with Gasteiger partial charge in [-0.25, -0.2) is 0 Å². The van der Waals surface area contributed by atoms with Gasteiger partial charge in [0.15, 0.2) is 0 Å². The highest BCUT2D eigenvalue weighted by atomic mass is 32.2. The maximum atomic E-state index is 3.86. The van der Waals surface area contributed by atoms with Crippen molar-refractivity contribution < 1.29 is 4.57 Å². The Labute approximate surface area is 229 Å². The number of aromatic nitrogens is 2. The van der Waals surface area contributed by atoms with Crippen molar-refractivity contribution >= 4 is 62.4 Å². The van der Waals surface area contributed by atoms with E-state index in [0.717, 1.165) is 39.3 Å². The number of likely N-dealkylation sites (N-methyl/N-ethyl adjacent to an activating group) is 1. The number of piperazine rings is 1. The largest absolute Gasteiger partial charge is 0.381 e. The monoisotopic (exact) mass is 522 g/mol. The number of hydrogen-bond donors (Lipinski definition) is 2.